The van der Waals surface area contributed by atoms with Crippen LogP contribution in [0.3, 0.4) is 0 Å². The fourth-order valence-electron chi connectivity index (χ4n) is 3.38. The van der Waals surface area contributed by atoms with E-state index in [1.165, 1.54) is 19.1 Å². The molecule has 0 spiro atoms. The summed E-state index contributed by atoms with van der Waals surface area (Å²) in [5, 5.41) is 0. The first-order chi connectivity index (χ1) is 14.2. The predicted molar refractivity (Wildman–Crippen MR) is 108 cm³/mol. The third-order valence-electron chi connectivity index (χ3n) is 5.07. The highest BCUT2D eigenvalue weighted by Gasteiger charge is 2.70. The summed E-state index contributed by atoms with van der Waals surface area (Å²) in [4.78, 5) is 3.56. The molecule has 0 aliphatic carbocycles. The maximum absolute atomic E-state index is 15.1. The number of nitrogens with two attached hydrogens (primary N) is 1. The standard InChI is InChI=1S/C22H21F7N2/c1-5-13-8-15(21(26,20(3,24)25)22(27,28)29)10-16(12(2)11-30)19(13)14-6-7-17(23)18(9-14)31-4/h6-11H,4-5,30H2,1-3H3/b12-11+. The van der Waals surface area contributed by atoms with Crippen molar-refractivity contribution in [1.29, 1.82) is 0 Å². The lowest BCUT2D eigenvalue weighted by atomic mass is 9.81. The molecule has 2 N–H and O–H groups in total. The lowest BCUT2D eigenvalue weighted by molar-refractivity contribution is -0.304. The number of aliphatic imine (C=N–C) groups is 1. The number of aryl methyl sites for hydroxylation is 1. The van der Waals surface area contributed by atoms with E-state index in [9.17, 15) is 26.3 Å². The van der Waals surface area contributed by atoms with E-state index in [0.29, 0.717) is 17.2 Å². The zero-order valence-corrected chi connectivity index (χ0v) is 17.0. The van der Waals surface area contributed by atoms with Gasteiger partial charge >= 0.3 is 6.18 Å². The van der Waals surface area contributed by atoms with Crippen LogP contribution < -0.4 is 5.73 Å². The highest BCUT2D eigenvalue weighted by molar-refractivity contribution is 5.84. The first-order valence-corrected chi connectivity index (χ1v) is 9.19. The van der Waals surface area contributed by atoms with Crippen molar-refractivity contribution in [2.24, 2.45) is 10.7 Å². The zero-order valence-electron chi connectivity index (χ0n) is 17.0. The third kappa shape index (κ3) is 4.18. The first kappa shape index (κ1) is 24.4. The Labute approximate surface area is 175 Å². The molecular weight excluding hydrogens is 425 g/mol. The second-order valence-electron chi connectivity index (χ2n) is 7.13. The smallest absolute Gasteiger partial charge is 0.404 e. The summed E-state index contributed by atoms with van der Waals surface area (Å²) < 4.78 is 97.6. The zero-order chi connectivity index (χ0) is 23.8. The fraction of sp³-hybridized carbons (Fsp3) is 0.318. The number of rotatable bonds is 6. The van der Waals surface area contributed by atoms with Gasteiger partial charge in [-0.15, -0.1) is 0 Å². The van der Waals surface area contributed by atoms with Gasteiger partial charge in [0, 0.05) is 12.5 Å². The highest BCUT2D eigenvalue weighted by atomic mass is 19.4. The Morgan fingerprint density at radius 2 is 1.71 bits per heavy atom. The van der Waals surface area contributed by atoms with Gasteiger partial charge in [0.05, 0.1) is 5.69 Å². The molecule has 0 radical (unpaired) electrons. The molecule has 0 aliphatic rings. The Bertz CT molecular complexity index is 1000. The van der Waals surface area contributed by atoms with E-state index in [2.05, 4.69) is 11.7 Å². The van der Waals surface area contributed by atoms with Crippen molar-refractivity contribution in [3.05, 3.63) is 59.0 Å². The summed E-state index contributed by atoms with van der Waals surface area (Å²) in [6, 6.07) is 5.23. The molecule has 0 amide bonds. The predicted octanol–water partition coefficient (Wildman–Crippen LogP) is 7.09. The maximum atomic E-state index is 15.1. The van der Waals surface area contributed by atoms with Gasteiger partial charge in [0.15, 0.2) is 0 Å². The van der Waals surface area contributed by atoms with Gasteiger partial charge in [-0.1, -0.05) is 19.1 Å². The molecule has 2 aromatic rings. The number of nitrogens with zero attached hydrogens (tertiary/aromatic N) is 1. The summed E-state index contributed by atoms with van der Waals surface area (Å²) in [6.07, 6.45) is -4.74. The van der Waals surface area contributed by atoms with Gasteiger partial charge in [-0.2, -0.15) is 13.2 Å². The van der Waals surface area contributed by atoms with Gasteiger partial charge in [0.2, 0.25) is 0 Å². The van der Waals surface area contributed by atoms with Crippen molar-refractivity contribution in [1.82, 2.24) is 0 Å². The maximum Gasteiger partial charge on any atom is 0.432 e. The molecule has 1 unspecified atom stereocenters. The monoisotopic (exact) mass is 446 g/mol. The van der Waals surface area contributed by atoms with Crippen molar-refractivity contribution in [3.8, 4) is 11.1 Å². The van der Waals surface area contributed by atoms with Crippen molar-refractivity contribution in [3.63, 3.8) is 0 Å². The molecule has 2 nitrogen and oxygen atoms in total. The van der Waals surface area contributed by atoms with Crippen LogP contribution >= 0.6 is 0 Å². The largest absolute Gasteiger partial charge is 0.432 e. The minimum absolute atomic E-state index is 0.00833. The van der Waals surface area contributed by atoms with E-state index in [1.54, 1.807) is 6.92 Å². The second-order valence-corrected chi connectivity index (χ2v) is 7.13. The average molecular weight is 446 g/mol. The van der Waals surface area contributed by atoms with Gasteiger partial charge in [-0.05, 0) is 72.3 Å². The van der Waals surface area contributed by atoms with Crippen LogP contribution in [0.2, 0.25) is 0 Å². The lowest BCUT2D eigenvalue weighted by Crippen LogP contribution is -2.51. The summed E-state index contributed by atoms with van der Waals surface area (Å²) in [7, 11) is 0. The minimum Gasteiger partial charge on any atom is -0.404 e. The number of alkyl halides is 6. The number of hydrogen-bond acceptors (Lipinski definition) is 2. The molecule has 168 valence electrons. The number of hydrogen-bond donors (Lipinski definition) is 1. The molecular formula is C22H21F7N2. The Morgan fingerprint density at radius 3 is 2.16 bits per heavy atom. The van der Waals surface area contributed by atoms with Crippen LogP contribution in [0, 0.1) is 5.82 Å². The van der Waals surface area contributed by atoms with E-state index in [4.69, 9.17) is 5.73 Å². The van der Waals surface area contributed by atoms with Crippen LogP contribution in [-0.2, 0) is 12.1 Å². The second kappa shape index (κ2) is 8.36. The fourth-order valence-corrected chi connectivity index (χ4v) is 3.38. The van der Waals surface area contributed by atoms with E-state index in [1.807, 2.05) is 0 Å². The Kier molecular flexibility index (Phi) is 6.59. The van der Waals surface area contributed by atoms with Crippen molar-refractivity contribution < 1.29 is 30.7 Å². The molecule has 0 saturated heterocycles. The van der Waals surface area contributed by atoms with Gasteiger partial charge in [-0.3, -0.25) is 4.99 Å². The summed E-state index contributed by atoms with van der Waals surface area (Å²) in [5.74, 6) is -5.43. The Morgan fingerprint density at radius 1 is 1.10 bits per heavy atom. The molecule has 0 saturated carbocycles. The van der Waals surface area contributed by atoms with E-state index in [0.717, 1.165) is 18.3 Å². The molecule has 0 fully saturated rings. The van der Waals surface area contributed by atoms with E-state index >= 15 is 4.39 Å². The van der Waals surface area contributed by atoms with Gasteiger partial charge in [0.1, 0.15) is 5.82 Å². The molecule has 2 aromatic carbocycles. The van der Waals surface area contributed by atoms with Crippen LogP contribution in [-0.4, -0.2) is 18.8 Å². The average Bonchev–Trinajstić information content (AvgIpc) is 2.70. The van der Waals surface area contributed by atoms with E-state index in [-0.39, 0.29) is 35.7 Å². The van der Waals surface area contributed by atoms with Crippen LogP contribution in [0.15, 0.2) is 41.5 Å². The number of allylic oxidation sites excluding steroid dienone is 1. The summed E-state index contributed by atoms with van der Waals surface area (Å²) in [5.41, 5.74) is 0.266. The van der Waals surface area contributed by atoms with Crippen LogP contribution in [0.25, 0.3) is 16.7 Å². The Hall–Kier alpha value is -2.84. The summed E-state index contributed by atoms with van der Waals surface area (Å²) in [6.45, 7) is 6.16. The first-order valence-electron chi connectivity index (χ1n) is 9.19. The third-order valence-corrected chi connectivity index (χ3v) is 5.07. The van der Waals surface area contributed by atoms with Crippen molar-refractivity contribution in [2.45, 2.75) is 45.0 Å². The highest BCUT2D eigenvalue weighted by Crippen LogP contribution is 2.53. The van der Waals surface area contributed by atoms with Crippen molar-refractivity contribution in [2.75, 3.05) is 0 Å². The molecule has 0 heterocycles. The normalized spacial score (nSPS) is 15.0. The van der Waals surface area contributed by atoms with Crippen molar-refractivity contribution >= 4 is 18.0 Å². The molecule has 0 aliphatic heterocycles. The molecule has 1 atom stereocenters. The van der Waals surface area contributed by atoms with E-state index < -0.39 is 29.1 Å². The molecule has 9 heteroatoms. The van der Waals surface area contributed by atoms with Crippen LogP contribution in [0.5, 0.6) is 0 Å². The van der Waals surface area contributed by atoms with Gasteiger partial charge in [0.25, 0.3) is 11.6 Å². The molecule has 31 heavy (non-hydrogen) atoms. The minimum atomic E-state index is -5.88. The van der Waals surface area contributed by atoms with Gasteiger partial charge < -0.3 is 5.73 Å². The molecule has 0 bridgehead atoms. The van der Waals surface area contributed by atoms with Gasteiger partial charge in [-0.25, -0.2) is 17.6 Å². The topological polar surface area (TPSA) is 38.4 Å². The van der Waals surface area contributed by atoms with Crippen LogP contribution in [0.1, 0.15) is 37.5 Å². The molecule has 0 aromatic heterocycles. The summed E-state index contributed by atoms with van der Waals surface area (Å²) >= 11 is 0. The molecule has 2 rings (SSSR count). The lowest BCUT2D eigenvalue weighted by Gasteiger charge is -2.34. The quantitative estimate of drug-likeness (QED) is 0.373. The SMILES string of the molecule is C=Nc1cc(-c2c(CC)cc(C(F)(C(C)(F)F)C(F)(F)F)cc2/C(C)=C/N)ccc1F. The Balaban J connectivity index is 2.99. The number of benzene rings is 2. The van der Waals surface area contributed by atoms with Crippen LogP contribution in [0.4, 0.5) is 36.4 Å². The number of halogens is 7.